The van der Waals surface area contributed by atoms with Crippen molar-refractivity contribution in [3.8, 4) is 17.2 Å². The molecule has 1 amide bonds. The molecule has 8 heteroatoms. The van der Waals surface area contributed by atoms with E-state index in [1.807, 2.05) is 0 Å². The lowest BCUT2D eigenvalue weighted by atomic mass is 9.95. The third-order valence-corrected chi connectivity index (χ3v) is 5.50. The fraction of sp³-hybridized carbons (Fsp3) is 0.273. The second kappa shape index (κ2) is 8.36. The van der Waals surface area contributed by atoms with Crippen LogP contribution in [0.5, 0.6) is 11.5 Å². The molecule has 6 nitrogen and oxygen atoms in total. The maximum Gasteiger partial charge on any atom is 0.276 e. The van der Waals surface area contributed by atoms with Crippen LogP contribution in [0.25, 0.3) is 5.69 Å². The second-order valence-electron chi connectivity index (χ2n) is 7.01. The number of rotatable bonds is 5. The molecule has 30 heavy (non-hydrogen) atoms. The average molecular weight is 430 g/mol. The summed E-state index contributed by atoms with van der Waals surface area (Å²) in [7, 11) is 3.03. The average Bonchev–Trinajstić information content (AvgIpc) is 3.15. The first-order chi connectivity index (χ1) is 14.5. The van der Waals surface area contributed by atoms with Gasteiger partial charge < -0.3 is 14.8 Å². The van der Waals surface area contributed by atoms with Crippen molar-refractivity contribution < 1.29 is 18.7 Å². The van der Waals surface area contributed by atoms with Crippen LogP contribution in [0.15, 0.2) is 36.4 Å². The Labute approximate surface area is 178 Å². The molecule has 1 N–H and O–H groups in total. The molecular weight excluding hydrogens is 409 g/mol. The molecule has 156 valence electrons. The quantitative estimate of drug-likeness (QED) is 0.632. The van der Waals surface area contributed by atoms with Gasteiger partial charge in [-0.15, -0.1) is 0 Å². The molecule has 2 aromatic carbocycles. The Balaban J connectivity index is 1.71. The number of nitrogens with one attached hydrogen (secondary N) is 1. The van der Waals surface area contributed by atoms with Crippen LogP contribution in [0.3, 0.4) is 0 Å². The summed E-state index contributed by atoms with van der Waals surface area (Å²) in [6.45, 7) is 0. The molecular formula is C22H21ClFN3O3. The van der Waals surface area contributed by atoms with Gasteiger partial charge in [0.25, 0.3) is 5.91 Å². The molecule has 0 unspecified atom stereocenters. The van der Waals surface area contributed by atoms with Gasteiger partial charge in [0, 0.05) is 23.4 Å². The second-order valence-corrected chi connectivity index (χ2v) is 7.42. The van der Waals surface area contributed by atoms with E-state index in [1.165, 1.54) is 26.4 Å². The van der Waals surface area contributed by atoms with E-state index in [2.05, 4.69) is 10.4 Å². The summed E-state index contributed by atoms with van der Waals surface area (Å²) in [5, 5.41) is 7.74. The van der Waals surface area contributed by atoms with Crippen LogP contribution in [-0.4, -0.2) is 29.9 Å². The molecule has 1 heterocycles. The number of carbonyl (C=O) groups excluding carboxylic acids is 1. The van der Waals surface area contributed by atoms with E-state index in [-0.39, 0.29) is 11.7 Å². The minimum absolute atomic E-state index is 0.319. The van der Waals surface area contributed by atoms with Crippen molar-refractivity contribution in [2.45, 2.75) is 25.7 Å². The van der Waals surface area contributed by atoms with Crippen molar-refractivity contribution in [2.75, 3.05) is 19.5 Å². The van der Waals surface area contributed by atoms with Gasteiger partial charge in [-0.05, 0) is 49.9 Å². The Morgan fingerprint density at radius 3 is 2.47 bits per heavy atom. The van der Waals surface area contributed by atoms with Crippen LogP contribution >= 0.6 is 11.6 Å². The molecule has 0 saturated heterocycles. The summed E-state index contributed by atoms with van der Waals surface area (Å²) < 4.78 is 25.6. The van der Waals surface area contributed by atoms with Crippen LogP contribution in [0, 0.1) is 5.82 Å². The Bertz CT molecular complexity index is 1100. The number of hydrogen-bond donors (Lipinski definition) is 1. The zero-order valence-electron chi connectivity index (χ0n) is 16.7. The van der Waals surface area contributed by atoms with Crippen molar-refractivity contribution >= 4 is 23.2 Å². The smallest absolute Gasteiger partial charge is 0.276 e. The highest BCUT2D eigenvalue weighted by atomic mass is 35.5. The standard InChI is InChI=1S/C22H21ClFN3O3/c1-29-19-11-16(23)17(12-20(19)30-2)25-22(28)21-15-5-3-4-6-18(15)27(26-21)14-9-7-13(24)8-10-14/h7-12H,3-6H2,1-2H3,(H,25,28). The van der Waals surface area contributed by atoms with E-state index in [4.69, 9.17) is 21.1 Å². The van der Waals surface area contributed by atoms with Gasteiger partial charge in [-0.3, -0.25) is 4.79 Å². The SMILES string of the molecule is COc1cc(Cl)c(NC(=O)c2nn(-c3ccc(F)cc3)c3c2CCCC3)cc1OC. The molecule has 0 spiro atoms. The third kappa shape index (κ3) is 3.73. The lowest BCUT2D eigenvalue weighted by Gasteiger charge is -2.14. The number of hydrogen-bond acceptors (Lipinski definition) is 4. The van der Waals surface area contributed by atoms with Crippen molar-refractivity contribution in [1.29, 1.82) is 0 Å². The molecule has 0 bridgehead atoms. The zero-order chi connectivity index (χ0) is 21.3. The molecule has 1 aliphatic rings. The van der Waals surface area contributed by atoms with Crippen LogP contribution in [-0.2, 0) is 12.8 Å². The molecule has 1 aromatic heterocycles. The number of amides is 1. The summed E-state index contributed by atoms with van der Waals surface area (Å²) in [4.78, 5) is 13.1. The number of aromatic nitrogens is 2. The number of nitrogens with zero attached hydrogens (tertiary/aromatic N) is 2. The van der Waals surface area contributed by atoms with Crippen LogP contribution < -0.4 is 14.8 Å². The Morgan fingerprint density at radius 2 is 1.77 bits per heavy atom. The van der Waals surface area contributed by atoms with Gasteiger partial charge in [0.05, 0.1) is 30.6 Å². The predicted octanol–water partition coefficient (Wildman–Crippen LogP) is 4.81. The predicted molar refractivity (Wildman–Crippen MR) is 113 cm³/mol. The summed E-state index contributed by atoms with van der Waals surface area (Å²) in [5.41, 5.74) is 3.37. The summed E-state index contributed by atoms with van der Waals surface area (Å²) in [6, 6.07) is 9.28. The molecule has 4 rings (SSSR count). The molecule has 0 fully saturated rings. The van der Waals surface area contributed by atoms with Gasteiger partial charge in [0.1, 0.15) is 5.82 Å². The van der Waals surface area contributed by atoms with Gasteiger partial charge in [-0.2, -0.15) is 5.10 Å². The van der Waals surface area contributed by atoms with Crippen molar-refractivity contribution in [3.63, 3.8) is 0 Å². The van der Waals surface area contributed by atoms with E-state index in [1.54, 1.807) is 28.9 Å². The van der Waals surface area contributed by atoms with Crippen LogP contribution in [0.2, 0.25) is 5.02 Å². The fourth-order valence-electron chi connectivity index (χ4n) is 3.71. The van der Waals surface area contributed by atoms with E-state index in [0.29, 0.717) is 27.9 Å². The van der Waals surface area contributed by atoms with Gasteiger partial charge in [-0.1, -0.05) is 11.6 Å². The van der Waals surface area contributed by atoms with E-state index < -0.39 is 0 Å². The number of ether oxygens (including phenoxy) is 2. The summed E-state index contributed by atoms with van der Waals surface area (Å²) in [6.07, 6.45) is 3.57. The maximum atomic E-state index is 13.3. The molecule has 0 atom stereocenters. The number of halogens is 2. The topological polar surface area (TPSA) is 65.4 Å². The maximum absolute atomic E-state index is 13.3. The van der Waals surface area contributed by atoms with E-state index in [0.717, 1.165) is 42.6 Å². The zero-order valence-corrected chi connectivity index (χ0v) is 17.4. The summed E-state index contributed by atoms with van der Waals surface area (Å²) >= 11 is 6.32. The fourth-order valence-corrected chi connectivity index (χ4v) is 3.91. The Kier molecular flexibility index (Phi) is 5.63. The first kappa shape index (κ1) is 20.2. The molecule has 0 saturated carbocycles. The highest BCUT2D eigenvalue weighted by Crippen LogP contribution is 2.36. The number of anilines is 1. The van der Waals surface area contributed by atoms with E-state index in [9.17, 15) is 9.18 Å². The minimum Gasteiger partial charge on any atom is -0.493 e. The van der Waals surface area contributed by atoms with Crippen molar-refractivity contribution in [3.05, 3.63) is 64.2 Å². The van der Waals surface area contributed by atoms with Gasteiger partial charge >= 0.3 is 0 Å². The minimum atomic E-state index is -0.358. The largest absolute Gasteiger partial charge is 0.493 e. The number of fused-ring (bicyclic) bond motifs is 1. The highest BCUT2D eigenvalue weighted by molar-refractivity contribution is 6.34. The van der Waals surface area contributed by atoms with Crippen LogP contribution in [0.1, 0.15) is 34.6 Å². The third-order valence-electron chi connectivity index (χ3n) is 5.19. The normalized spacial score (nSPS) is 12.9. The monoisotopic (exact) mass is 429 g/mol. The molecule has 0 aliphatic heterocycles. The molecule has 0 radical (unpaired) electrons. The lowest BCUT2D eigenvalue weighted by Crippen LogP contribution is -2.16. The van der Waals surface area contributed by atoms with Crippen molar-refractivity contribution in [1.82, 2.24) is 9.78 Å². The van der Waals surface area contributed by atoms with Gasteiger partial charge in [-0.25, -0.2) is 9.07 Å². The van der Waals surface area contributed by atoms with Crippen LogP contribution in [0.4, 0.5) is 10.1 Å². The first-order valence-corrected chi connectivity index (χ1v) is 9.99. The van der Waals surface area contributed by atoms with Crippen molar-refractivity contribution in [2.24, 2.45) is 0 Å². The Hall–Kier alpha value is -3.06. The number of carbonyl (C=O) groups is 1. The molecule has 1 aliphatic carbocycles. The number of benzene rings is 2. The first-order valence-electron chi connectivity index (χ1n) is 9.61. The highest BCUT2D eigenvalue weighted by Gasteiger charge is 2.26. The van der Waals surface area contributed by atoms with Gasteiger partial charge in [0.2, 0.25) is 0 Å². The number of methoxy groups -OCH3 is 2. The lowest BCUT2D eigenvalue weighted by molar-refractivity contribution is 0.102. The summed E-state index contributed by atoms with van der Waals surface area (Å²) in [5.74, 6) is 0.249. The van der Waals surface area contributed by atoms with Gasteiger partial charge in [0.15, 0.2) is 17.2 Å². The molecule has 3 aromatic rings. The van der Waals surface area contributed by atoms with E-state index >= 15 is 0 Å². The Morgan fingerprint density at radius 1 is 1.10 bits per heavy atom.